The van der Waals surface area contributed by atoms with Crippen LogP contribution in [0.25, 0.3) is 0 Å². The summed E-state index contributed by atoms with van der Waals surface area (Å²) in [4.78, 5) is 0. The van der Waals surface area contributed by atoms with Crippen molar-refractivity contribution in [3.63, 3.8) is 0 Å². The molecule has 0 aliphatic rings. The Balaban J connectivity index is -0.00000000750. The molecule has 1 atom stereocenters. The Hall–Kier alpha value is 0.990. The van der Waals surface area contributed by atoms with E-state index < -0.39 is 11.1 Å². The molecule has 8 heavy (non-hydrogen) atoms. The summed E-state index contributed by atoms with van der Waals surface area (Å²) in [5.74, 6) is 0. The van der Waals surface area contributed by atoms with Crippen LogP contribution in [0.2, 0.25) is 0 Å². The van der Waals surface area contributed by atoms with Crippen LogP contribution in [-0.4, -0.2) is 31.4 Å². The fourth-order valence-corrected chi connectivity index (χ4v) is 0. The summed E-state index contributed by atoms with van der Waals surface area (Å²) in [5, 5.41) is 0. The van der Waals surface area contributed by atoms with Gasteiger partial charge in [0.05, 0.1) is 0 Å². The molecule has 50 valence electrons. The molecule has 0 saturated carbocycles. The maximum Gasteiger partial charge on any atom is 1.00 e. The molecule has 0 rings (SSSR count). The van der Waals surface area contributed by atoms with E-state index >= 15 is 0 Å². The van der Waals surface area contributed by atoms with Gasteiger partial charge < -0.3 is 21.0 Å². The van der Waals surface area contributed by atoms with Crippen molar-refractivity contribution in [2.45, 2.75) is 0 Å². The van der Waals surface area contributed by atoms with Gasteiger partial charge in [0.1, 0.15) is 11.1 Å². The fourth-order valence-electron chi connectivity index (χ4n) is 0. The monoisotopic (exact) mass is 156 g/mol. The Morgan fingerprint density at radius 2 is 1.38 bits per heavy atom. The van der Waals surface area contributed by atoms with Gasteiger partial charge >= 0.3 is 29.6 Å². The molecule has 0 aromatic heterocycles. The summed E-state index contributed by atoms with van der Waals surface area (Å²) < 4.78 is 16.6. The van der Waals surface area contributed by atoms with Crippen molar-refractivity contribution < 1.29 is 54.7 Å². The van der Waals surface area contributed by atoms with Gasteiger partial charge in [-0.3, -0.25) is 0 Å². The molecule has 0 aromatic carbocycles. The second-order valence-electron chi connectivity index (χ2n) is 0.424. The smallest absolute Gasteiger partial charge is 0.870 e. The molecular formula is CH9NaO5S. The van der Waals surface area contributed by atoms with Gasteiger partial charge in [-0.15, -0.1) is 0 Å². The van der Waals surface area contributed by atoms with E-state index in [-0.39, 0.29) is 46.0 Å². The van der Waals surface area contributed by atoms with Gasteiger partial charge in [-0.1, -0.05) is 0 Å². The molecule has 0 aromatic rings. The summed E-state index contributed by atoms with van der Waals surface area (Å²) >= 11 is -1.61. The third kappa shape index (κ3) is 256. The minimum absolute atomic E-state index is 0. The summed E-state index contributed by atoms with van der Waals surface area (Å²) in [6, 6.07) is 0. The van der Waals surface area contributed by atoms with E-state index in [0.717, 1.165) is 0 Å². The topological polar surface area (TPSA) is 130 Å². The van der Waals surface area contributed by atoms with Gasteiger partial charge in [-0.05, 0) is 0 Å². The van der Waals surface area contributed by atoms with Crippen LogP contribution in [0.4, 0.5) is 0 Å². The Morgan fingerprint density at radius 3 is 1.38 bits per heavy atom. The quantitative estimate of drug-likeness (QED) is 0.278. The summed E-state index contributed by atoms with van der Waals surface area (Å²) in [7, 11) is 0. The van der Waals surface area contributed by atoms with Crippen LogP contribution in [0.5, 0.6) is 0 Å². The normalized spacial score (nSPS) is 7.75. The summed E-state index contributed by atoms with van der Waals surface area (Å²) in [6.45, 7) is 0. The Bertz CT molecular complexity index is 35.4. The molecule has 6 N–H and O–H groups in total. The number of hydrogen-bond donors (Lipinski definition) is 1. The van der Waals surface area contributed by atoms with E-state index in [4.69, 9.17) is 8.76 Å². The predicted molar refractivity (Wildman–Crippen MR) is 25.9 cm³/mol. The molecule has 0 saturated heterocycles. The zero-order chi connectivity index (χ0) is 3.58. The van der Waals surface area contributed by atoms with E-state index in [9.17, 15) is 0 Å². The van der Waals surface area contributed by atoms with Crippen LogP contribution >= 0.6 is 0 Å². The van der Waals surface area contributed by atoms with Gasteiger partial charge in [0.25, 0.3) is 0 Å². The maximum atomic E-state index is 9.11. The molecule has 0 aliphatic heterocycles. The summed E-state index contributed by atoms with van der Waals surface area (Å²) in [5.41, 5.74) is 0. The van der Waals surface area contributed by atoms with Crippen LogP contribution in [0, 0.1) is 0 Å². The first-order valence-electron chi connectivity index (χ1n) is 0.757. The van der Waals surface area contributed by atoms with Crippen molar-refractivity contribution in [2.75, 3.05) is 6.26 Å². The minimum Gasteiger partial charge on any atom is -0.870 e. The van der Waals surface area contributed by atoms with Crippen LogP contribution in [0.15, 0.2) is 0 Å². The van der Waals surface area contributed by atoms with Gasteiger partial charge in [0.2, 0.25) is 0 Å². The standard InChI is InChI=1S/CH4O2S.Na.3H2O/c1-4(2)3;;;;/h1H3,(H,2,3);;3*1H2/q;+1;;;/p-1. The molecule has 0 heterocycles. The first-order valence-corrected chi connectivity index (χ1v) is 2.27. The second kappa shape index (κ2) is 24.5. The van der Waals surface area contributed by atoms with Crippen LogP contribution in [0.1, 0.15) is 0 Å². The maximum absolute atomic E-state index is 9.11. The minimum atomic E-state index is -1.61. The molecule has 0 amide bonds. The molecular weight excluding hydrogens is 147 g/mol. The molecule has 0 bridgehead atoms. The Kier molecular flexibility index (Phi) is 111. The zero-order valence-electron chi connectivity index (χ0n) is 4.71. The average molecular weight is 156 g/mol. The van der Waals surface area contributed by atoms with Crippen molar-refractivity contribution in [1.82, 2.24) is 0 Å². The van der Waals surface area contributed by atoms with Crippen LogP contribution in [0.3, 0.4) is 0 Å². The SMILES string of the molecule is CS(=O)O.O.O.[Na+].[OH-]. The fraction of sp³-hybridized carbons (Fsp3) is 1.00. The van der Waals surface area contributed by atoms with Crippen LogP contribution < -0.4 is 29.6 Å². The first kappa shape index (κ1) is 36.1. The average Bonchev–Trinajstić information content (AvgIpc) is 0.811. The molecule has 1 unspecified atom stereocenters. The molecule has 0 fully saturated rings. The van der Waals surface area contributed by atoms with Crippen molar-refractivity contribution in [2.24, 2.45) is 0 Å². The van der Waals surface area contributed by atoms with E-state index in [0.29, 0.717) is 0 Å². The van der Waals surface area contributed by atoms with Crippen molar-refractivity contribution in [3.05, 3.63) is 0 Å². The number of hydrogen-bond acceptors (Lipinski definition) is 2. The third-order valence-electron chi connectivity index (χ3n) is 0. The van der Waals surface area contributed by atoms with E-state index in [1.165, 1.54) is 6.26 Å². The second-order valence-corrected chi connectivity index (χ2v) is 1.27. The van der Waals surface area contributed by atoms with Gasteiger partial charge in [-0.2, -0.15) is 0 Å². The van der Waals surface area contributed by atoms with Crippen LogP contribution in [-0.2, 0) is 11.1 Å². The van der Waals surface area contributed by atoms with E-state index in [2.05, 4.69) is 0 Å². The molecule has 7 heteroatoms. The zero-order valence-corrected chi connectivity index (χ0v) is 7.53. The molecule has 0 spiro atoms. The predicted octanol–water partition coefficient (Wildman–Crippen LogP) is -4.98. The molecule has 0 radical (unpaired) electrons. The van der Waals surface area contributed by atoms with Gasteiger partial charge in [-0.25, -0.2) is 4.21 Å². The third-order valence-corrected chi connectivity index (χ3v) is 0. The van der Waals surface area contributed by atoms with E-state index in [1.807, 2.05) is 0 Å². The molecule has 0 aliphatic carbocycles. The van der Waals surface area contributed by atoms with Gasteiger partial charge in [0, 0.05) is 6.26 Å². The van der Waals surface area contributed by atoms with Gasteiger partial charge in [0.15, 0.2) is 0 Å². The van der Waals surface area contributed by atoms with Crippen molar-refractivity contribution >= 4 is 11.1 Å². The first-order chi connectivity index (χ1) is 1.73. The number of rotatable bonds is 0. The van der Waals surface area contributed by atoms with E-state index in [1.54, 1.807) is 0 Å². The molecule has 5 nitrogen and oxygen atoms in total. The Labute approximate surface area is 72.0 Å². The van der Waals surface area contributed by atoms with Crippen molar-refractivity contribution in [1.29, 1.82) is 0 Å². The largest absolute Gasteiger partial charge is 1.00 e. The van der Waals surface area contributed by atoms with Crippen molar-refractivity contribution in [3.8, 4) is 0 Å². The Morgan fingerprint density at radius 1 is 1.38 bits per heavy atom. The summed E-state index contributed by atoms with van der Waals surface area (Å²) in [6.07, 6.45) is 1.19.